The molecule has 0 aliphatic heterocycles. The van der Waals surface area contributed by atoms with Crippen LogP contribution in [0.15, 0.2) is 41.5 Å². The van der Waals surface area contributed by atoms with E-state index in [0.29, 0.717) is 23.1 Å². The summed E-state index contributed by atoms with van der Waals surface area (Å²) >= 11 is 6.42. The molecule has 1 N–H and O–H groups in total. The highest BCUT2D eigenvalue weighted by Crippen LogP contribution is 2.28. The summed E-state index contributed by atoms with van der Waals surface area (Å²) in [7, 11) is 1.65. The zero-order valence-electron chi connectivity index (χ0n) is 14.3. The van der Waals surface area contributed by atoms with Crippen molar-refractivity contribution in [3.05, 3.63) is 69.0 Å². The number of aromatic nitrogens is 4. The minimum absolute atomic E-state index is 0.0547. The maximum Gasteiger partial charge on any atom is 0.251 e. The molecule has 1 aromatic carbocycles. The fourth-order valence-corrected chi connectivity index (χ4v) is 3.08. The number of H-pyrrole nitrogens is 1. The van der Waals surface area contributed by atoms with E-state index in [9.17, 15) is 4.79 Å². The molecule has 3 rings (SSSR count). The molecule has 1 atom stereocenters. The van der Waals surface area contributed by atoms with Gasteiger partial charge in [-0.1, -0.05) is 23.7 Å². The second-order valence-corrected chi connectivity index (χ2v) is 6.30. The summed E-state index contributed by atoms with van der Waals surface area (Å²) in [6.45, 7) is 4.29. The molecule has 0 fully saturated rings. The Morgan fingerprint density at radius 2 is 2.16 bits per heavy atom. The Balaban J connectivity index is 1.90. The molecule has 2 aromatic heterocycles. The largest absolute Gasteiger partial charge is 0.380 e. The standard InChI is InChI=1S/C18H19ClN4O2/c1-11(15-5-4-13(10-25-3)6-16(15)19)23-9-14(8-20-23)17-7-18(24)22-12(2)21-17/h4-9,11H,10H2,1-3H3,(H,21,22,24). The fraction of sp³-hybridized carbons (Fsp3) is 0.278. The predicted molar refractivity (Wildman–Crippen MR) is 96.8 cm³/mol. The van der Waals surface area contributed by atoms with Crippen molar-refractivity contribution in [2.45, 2.75) is 26.5 Å². The third-order valence-electron chi connectivity index (χ3n) is 3.98. The van der Waals surface area contributed by atoms with Crippen LogP contribution in [-0.2, 0) is 11.3 Å². The number of aromatic amines is 1. The molecular formula is C18H19ClN4O2. The van der Waals surface area contributed by atoms with Crippen LogP contribution < -0.4 is 5.56 Å². The summed E-state index contributed by atoms with van der Waals surface area (Å²) in [5.74, 6) is 0.570. The second kappa shape index (κ2) is 7.21. The van der Waals surface area contributed by atoms with E-state index < -0.39 is 0 Å². The van der Waals surface area contributed by atoms with Gasteiger partial charge in [0.05, 0.1) is 24.5 Å². The van der Waals surface area contributed by atoms with Crippen molar-refractivity contribution < 1.29 is 4.74 Å². The molecule has 0 saturated carbocycles. The predicted octanol–water partition coefficient (Wildman–Crippen LogP) is 3.35. The Labute approximate surface area is 150 Å². The number of halogens is 1. The van der Waals surface area contributed by atoms with Gasteiger partial charge in [0.25, 0.3) is 5.56 Å². The molecule has 2 heterocycles. The summed E-state index contributed by atoms with van der Waals surface area (Å²) in [5.41, 5.74) is 3.19. The van der Waals surface area contributed by atoms with E-state index in [1.807, 2.05) is 36.0 Å². The first-order valence-corrected chi connectivity index (χ1v) is 8.25. The van der Waals surface area contributed by atoms with Crippen LogP contribution in [0.2, 0.25) is 5.02 Å². The summed E-state index contributed by atoms with van der Waals surface area (Å²) in [6.07, 6.45) is 3.57. The number of benzene rings is 1. The van der Waals surface area contributed by atoms with Crippen LogP contribution in [0, 0.1) is 6.92 Å². The average molecular weight is 359 g/mol. The molecule has 0 amide bonds. The van der Waals surface area contributed by atoms with Gasteiger partial charge in [-0.2, -0.15) is 5.10 Å². The highest BCUT2D eigenvalue weighted by Gasteiger charge is 2.14. The lowest BCUT2D eigenvalue weighted by Gasteiger charge is -2.15. The van der Waals surface area contributed by atoms with Crippen molar-refractivity contribution in [1.82, 2.24) is 19.7 Å². The molecule has 0 saturated heterocycles. The van der Waals surface area contributed by atoms with Gasteiger partial charge in [0.2, 0.25) is 0 Å². The normalized spacial score (nSPS) is 12.3. The molecular weight excluding hydrogens is 340 g/mol. The Bertz CT molecular complexity index is 948. The highest BCUT2D eigenvalue weighted by molar-refractivity contribution is 6.31. The minimum Gasteiger partial charge on any atom is -0.380 e. The number of nitrogens with one attached hydrogen (secondary N) is 1. The van der Waals surface area contributed by atoms with E-state index >= 15 is 0 Å². The number of rotatable bonds is 5. The third kappa shape index (κ3) is 3.81. The van der Waals surface area contributed by atoms with Crippen molar-refractivity contribution in [3.63, 3.8) is 0 Å². The Morgan fingerprint density at radius 1 is 1.36 bits per heavy atom. The maximum absolute atomic E-state index is 11.6. The van der Waals surface area contributed by atoms with E-state index in [4.69, 9.17) is 16.3 Å². The van der Waals surface area contributed by atoms with Crippen LogP contribution in [0.3, 0.4) is 0 Å². The van der Waals surface area contributed by atoms with Gasteiger partial charge in [-0.15, -0.1) is 0 Å². The van der Waals surface area contributed by atoms with Crippen molar-refractivity contribution in [3.8, 4) is 11.3 Å². The van der Waals surface area contributed by atoms with E-state index in [-0.39, 0.29) is 11.6 Å². The van der Waals surface area contributed by atoms with E-state index in [1.54, 1.807) is 20.2 Å². The molecule has 6 nitrogen and oxygen atoms in total. The lowest BCUT2D eigenvalue weighted by Crippen LogP contribution is -2.09. The quantitative estimate of drug-likeness (QED) is 0.759. The third-order valence-corrected chi connectivity index (χ3v) is 4.31. The first-order valence-electron chi connectivity index (χ1n) is 7.87. The molecule has 1 unspecified atom stereocenters. The summed E-state index contributed by atoms with van der Waals surface area (Å²) < 4.78 is 6.94. The highest BCUT2D eigenvalue weighted by atomic mass is 35.5. The summed E-state index contributed by atoms with van der Waals surface area (Å²) in [6, 6.07) is 7.29. The second-order valence-electron chi connectivity index (χ2n) is 5.89. The minimum atomic E-state index is -0.180. The molecule has 0 spiro atoms. The molecule has 7 heteroatoms. The zero-order valence-corrected chi connectivity index (χ0v) is 15.0. The SMILES string of the molecule is COCc1ccc(C(C)n2cc(-c3cc(=O)[nH]c(C)n3)cn2)c(Cl)c1. The molecule has 25 heavy (non-hydrogen) atoms. The van der Waals surface area contributed by atoms with E-state index in [0.717, 1.165) is 16.7 Å². The van der Waals surface area contributed by atoms with Gasteiger partial charge in [0, 0.05) is 30.0 Å². The summed E-state index contributed by atoms with van der Waals surface area (Å²) in [5, 5.41) is 5.08. The maximum atomic E-state index is 11.6. The molecule has 0 aliphatic carbocycles. The number of hydrogen-bond acceptors (Lipinski definition) is 4. The van der Waals surface area contributed by atoms with E-state index in [1.165, 1.54) is 6.07 Å². The molecule has 0 radical (unpaired) electrons. The van der Waals surface area contributed by atoms with Crippen LogP contribution >= 0.6 is 11.6 Å². The van der Waals surface area contributed by atoms with Gasteiger partial charge < -0.3 is 9.72 Å². The Morgan fingerprint density at radius 3 is 2.84 bits per heavy atom. The lowest BCUT2D eigenvalue weighted by atomic mass is 10.1. The molecule has 3 aromatic rings. The summed E-state index contributed by atoms with van der Waals surface area (Å²) in [4.78, 5) is 18.6. The average Bonchev–Trinajstić information content (AvgIpc) is 3.04. The smallest absolute Gasteiger partial charge is 0.251 e. The number of ether oxygens (including phenoxy) is 1. The number of aryl methyl sites for hydroxylation is 1. The fourth-order valence-electron chi connectivity index (χ4n) is 2.72. The topological polar surface area (TPSA) is 72.8 Å². The van der Waals surface area contributed by atoms with Gasteiger partial charge in [0.15, 0.2) is 0 Å². The van der Waals surface area contributed by atoms with Gasteiger partial charge in [-0.3, -0.25) is 9.48 Å². The van der Waals surface area contributed by atoms with Crippen molar-refractivity contribution in [2.75, 3.05) is 7.11 Å². The Kier molecular flexibility index (Phi) is 5.01. The molecule has 0 aliphatic rings. The van der Waals surface area contributed by atoms with E-state index in [2.05, 4.69) is 15.1 Å². The number of nitrogens with zero attached hydrogens (tertiary/aromatic N) is 3. The zero-order chi connectivity index (χ0) is 18.0. The van der Waals surface area contributed by atoms with Crippen LogP contribution in [-0.4, -0.2) is 26.9 Å². The lowest BCUT2D eigenvalue weighted by molar-refractivity contribution is 0.185. The molecule has 130 valence electrons. The molecule has 0 bridgehead atoms. The first-order chi connectivity index (χ1) is 12.0. The van der Waals surface area contributed by atoms with Gasteiger partial charge in [-0.05, 0) is 31.0 Å². The van der Waals surface area contributed by atoms with Crippen molar-refractivity contribution >= 4 is 11.6 Å². The number of methoxy groups -OCH3 is 1. The number of hydrogen-bond donors (Lipinski definition) is 1. The van der Waals surface area contributed by atoms with Crippen molar-refractivity contribution in [2.24, 2.45) is 0 Å². The van der Waals surface area contributed by atoms with Crippen LogP contribution in [0.25, 0.3) is 11.3 Å². The van der Waals surface area contributed by atoms with Crippen LogP contribution in [0.1, 0.15) is 29.9 Å². The van der Waals surface area contributed by atoms with Crippen molar-refractivity contribution in [1.29, 1.82) is 0 Å². The van der Waals surface area contributed by atoms with Gasteiger partial charge in [-0.25, -0.2) is 4.98 Å². The first kappa shape index (κ1) is 17.4. The van der Waals surface area contributed by atoms with Crippen LogP contribution in [0.4, 0.5) is 0 Å². The Hall–Kier alpha value is -2.44. The van der Waals surface area contributed by atoms with Crippen LogP contribution in [0.5, 0.6) is 0 Å². The van der Waals surface area contributed by atoms with Gasteiger partial charge in [0.1, 0.15) is 5.82 Å². The monoisotopic (exact) mass is 358 g/mol. The van der Waals surface area contributed by atoms with Gasteiger partial charge >= 0.3 is 0 Å².